The van der Waals surface area contributed by atoms with E-state index in [1.54, 1.807) is 0 Å². The van der Waals surface area contributed by atoms with Crippen molar-refractivity contribution in [3.05, 3.63) is 58.1 Å². The third kappa shape index (κ3) is 4.83. The summed E-state index contributed by atoms with van der Waals surface area (Å²) in [6.45, 7) is 7.41. The summed E-state index contributed by atoms with van der Waals surface area (Å²) in [5.74, 6) is 0.139. The van der Waals surface area contributed by atoms with Crippen LogP contribution in [-0.2, 0) is 4.79 Å². The molecule has 1 N–H and O–H groups in total. The summed E-state index contributed by atoms with van der Waals surface area (Å²) in [5.41, 5.74) is 4.37. The van der Waals surface area contributed by atoms with E-state index in [1.807, 2.05) is 55.1 Å². The molecular formula is C19H23BrN2O. The number of nitrogens with zero attached hydrogens (tertiary/aromatic N) is 1. The van der Waals surface area contributed by atoms with Crippen LogP contribution < -0.4 is 10.2 Å². The Morgan fingerprint density at radius 2 is 1.96 bits per heavy atom. The predicted octanol–water partition coefficient (Wildman–Crippen LogP) is 4.92. The normalized spacial score (nSPS) is 10.4. The zero-order valence-corrected chi connectivity index (χ0v) is 15.5. The van der Waals surface area contributed by atoms with Crippen molar-refractivity contribution in [2.75, 3.05) is 23.3 Å². The Hall–Kier alpha value is -1.81. The van der Waals surface area contributed by atoms with Crippen molar-refractivity contribution in [1.29, 1.82) is 0 Å². The lowest BCUT2D eigenvalue weighted by atomic mass is 10.2. The van der Waals surface area contributed by atoms with Gasteiger partial charge in [-0.25, -0.2) is 0 Å². The molecule has 3 nitrogen and oxygen atoms in total. The standard InChI is InChI=1S/C19H23BrN2O/c1-4-22(17-7-5-6-14(2)12-17)19(23)10-11-21-18-9-8-16(20)13-15(18)3/h5-9,12-13,21H,4,10-11H2,1-3H3. The van der Waals surface area contributed by atoms with E-state index in [4.69, 9.17) is 0 Å². The Bertz CT molecular complexity index is 685. The van der Waals surface area contributed by atoms with E-state index in [2.05, 4.69) is 34.2 Å². The lowest BCUT2D eigenvalue weighted by Gasteiger charge is -2.22. The molecule has 0 bridgehead atoms. The average molecular weight is 375 g/mol. The van der Waals surface area contributed by atoms with Crippen LogP contribution in [0.5, 0.6) is 0 Å². The van der Waals surface area contributed by atoms with Gasteiger partial charge in [0.15, 0.2) is 0 Å². The van der Waals surface area contributed by atoms with Crippen LogP contribution in [0.15, 0.2) is 46.9 Å². The molecule has 23 heavy (non-hydrogen) atoms. The molecule has 2 aromatic carbocycles. The van der Waals surface area contributed by atoms with Gasteiger partial charge in [-0.05, 0) is 62.2 Å². The number of amides is 1. The van der Waals surface area contributed by atoms with Crippen LogP contribution in [0.2, 0.25) is 0 Å². The van der Waals surface area contributed by atoms with E-state index in [-0.39, 0.29) is 5.91 Å². The lowest BCUT2D eigenvalue weighted by Crippen LogP contribution is -2.31. The summed E-state index contributed by atoms with van der Waals surface area (Å²) >= 11 is 3.46. The fourth-order valence-electron chi connectivity index (χ4n) is 2.56. The van der Waals surface area contributed by atoms with Gasteiger partial charge in [-0.2, -0.15) is 0 Å². The second-order valence-electron chi connectivity index (χ2n) is 5.61. The van der Waals surface area contributed by atoms with Crippen LogP contribution in [0, 0.1) is 13.8 Å². The summed E-state index contributed by atoms with van der Waals surface area (Å²) < 4.78 is 1.06. The minimum absolute atomic E-state index is 0.139. The first-order valence-corrected chi connectivity index (χ1v) is 8.67. The van der Waals surface area contributed by atoms with Gasteiger partial charge in [0.1, 0.15) is 0 Å². The van der Waals surface area contributed by atoms with Crippen molar-refractivity contribution >= 4 is 33.2 Å². The molecule has 0 aromatic heterocycles. The monoisotopic (exact) mass is 374 g/mol. The SMILES string of the molecule is CCN(C(=O)CCNc1ccc(Br)cc1C)c1cccc(C)c1. The van der Waals surface area contributed by atoms with Crippen molar-refractivity contribution in [1.82, 2.24) is 0 Å². The van der Waals surface area contributed by atoms with Gasteiger partial charge in [-0.15, -0.1) is 0 Å². The molecule has 0 aliphatic heterocycles. The number of nitrogens with one attached hydrogen (secondary N) is 1. The zero-order valence-electron chi connectivity index (χ0n) is 13.9. The molecule has 0 saturated heterocycles. The maximum absolute atomic E-state index is 12.5. The van der Waals surface area contributed by atoms with Gasteiger partial charge in [0.25, 0.3) is 0 Å². The summed E-state index contributed by atoms with van der Waals surface area (Å²) in [5, 5.41) is 3.34. The maximum atomic E-state index is 12.5. The number of carbonyl (C=O) groups is 1. The minimum Gasteiger partial charge on any atom is -0.384 e. The van der Waals surface area contributed by atoms with Crippen LogP contribution in [0.1, 0.15) is 24.5 Å². The van der Waals surface area contributed by atoms with Gasteiger partial charge < -0.3 is 10.2 Å². The molecule has 0 spiro atoms. The van der Waals surface area contributed by atoms with Gasteiger partial charge >= 0.3 is 0 Å². The Morgan fingerprint density at radius 1 is 1.17 bits per heavy atom. The molecule has 0 saturated carbocycles. The number of hydrogen-bond acceptors (Lipinski definition) is 2. The van der Waals surface area contributed by atoms with Crippen LogP contribution >= 0.6 is 15.9 Å². The highest BCUT2D eigenvalue weighted by atomic mass is 79.9. The molecule has 0 heterocycles. The number of aryl methyl sites for hydroxylation is 2. The highest BCUT2D eigenvalue weighted by Crippen LogP contribution is 2.20. The van der Waals surface area contributed by atoms with Gasteiger partial charge in [-0.1, -0.05) is 28.1 Å². The molecule has 0 unspecified atom stereocenters. The Morgan fingerprint density at radius 3 is 2.61 bits per heavy atom. The molecule has 0 fully saturated rings. The second kappa shape index (κ2) is 8.16. The van der Waals surface area contributed by atoms with E-state index in [0.29, 0.717) is 19.5 Å². The quantitative estimate of drug-likeness (QED) is 0.777. The van der Waals surface area contributed by atoms with Crippen LogP contribution in [0.3, 0.4) is 0 Å². The summed E-state index contributed by atoms with van der Waals surface area (Å²) in [4.78, 5) is 14.3. The van der Waals surface area contributed by atoms with Gasteiger partial charge in [0, 0.05) is 35.4 Å². The molecule has 0 aliphatic rings. The Balaban J connectivity index is 1.95. The zero-order chi connectivity index (χ0) is 16.8. The largest absolute Gasteiger partial charge is 0.384 e. The first kappa shape index (κ1) is 17.5. The molecule has 2 aromatic rings. The first-order valence-electron chi connectivity index (χ1n) is 7.88. The lowest BCUT2D eigenvalue weighted by molar-refractivity contribution is -0.118. The van der Waals surface area contributed by atoms with Gasteiger partial charge in [0.2, 0.25) is 5.91 Å². The number of rotatable bonds is 6. The van der Waals surface area contributed by atoms with E-state index < -0.39 is 0 Å². The number of anilines is 2. The third-order valence-corrected chi connectivity index (χ3v) is 4.27. The number of benzene rings is 2. The molecule has 2 rings (SSSR count). The van der Waals surface area contributed by atoms with E-state index >= 15 is 0 Å². The van der Waals surface area contributed by atoms with Crippen molar-refractivity contribution in [3.63, 3.8) is 0 Å². The van der Waals surface area contributed by atoms with Crippen molar-refractivity contribution in [3.8, 4) is 0 Å². The van der Waals surface area contributed by atoms with Crippen LogP contribution in [0.4, 0.5) is 11.4 Å². The smallest absolute Gasteiger partial charge is 0.228 e. The van der Waals surface area contributed by atoms with Crippen LogP contribution in [-0.4, -0.2) is 19.0 Å². The minimum atomic E-state index is 0.139. The van der Waals surface area contributed by atoms with E-state index in [9.17, 15) is 4.79 Å². The van der Waals surface area contributed by atoms with E-state index in [0.717, 1.165) is 27.0 Å². The molecule has 0 aliphatic carbocycles. The summed E-state index contributed by atoms with van der Waals surface area (Å²) in [6, 6.07) is 14.2. The topological polar surface area (TPSA) is 32.3 Å². The molecule has 0 radical (unpaired) electrons. The Labute approximate surface area is 146 Å². The molecule has 1 amide bonds. The van der Waals surface area contributed by atoms with E-state index in [1.165, 1.54) is 0 Å². The highest BCUT2D eigenvalue weighted by Gasteiger charge is 2.13. The fourth-order valence-corrected chi connectivity index (χ4v) is 3.04. The fraction of sp³-hybridized carbons (Fsp3) is 0.316. The van der Waals surface area contributed by atoms with Gasteiger partial charge in [0.05, 0.1) is 0 Å². The van der Waals surface area contributed by atoms with Gasteiger partial charge in [-0.3, -0.25) is 4.79 Å². The summed E-state index contributed by atoms with van der Waals surface area (Å²) in [6.07, 6.45) is 0.470. The average Bonchev–Trinajstić information content (AvgIpc) is 2.50. The molecule has 122 valence electrons. The highest BCUT2D eigenvalue weighted by molar-refractivity contribution is 9.10. The molecule has 0 atom stereocenters. The second-order valence-corrected chi connectivity index (χ2v) is 6.53. The molecule has 4 heteroatoms. The maximum Gasteiger partial charge on any atom is 0.228 e. The number of carbonyl (C=O) groups excluding carboxylic acids is 1. The predicted molar refractivity (Wildman–Crippen MR) is 101 cm³/mol. The Kier molecular flexibility index (Phi) is 6.22. The van der Waals surface area contributed by atoms with Crippen LogP contribution in [0.25, 0.3) is 0 Å². The van der Waals surface area contributed by atoms with Crippen molar-refractivity contribution in [2.45, 2.75) is 27.2 Å². The van der Waals surface area contributed by atoms with Crippen molar-refractivity contribution in [2.24, 2.45) is 0 Å². The summed E-state index contributed by atoms with van der Waals surface area (Å²) in [7, 11) is 0. The number of halogens is 1. The van der Waals surface area contributed by atoms with Crippen molar-refractivity contribution < 1.29 is 4.79 Å². The third-order valence-electron chi connectivity index (χ3n) is 3.77. The number of hydrogen-bond donors (Lipinski definition) is 1. The first-order chi connectivity index (χ1) is 11.0. The molecular weight excluding hydrogens is 352 g/mol.